The highest BCUT2D eigenvalue weighted by atomic mass is 16.4. The fraction of sp³-hybridized carbons (Fsp3) is 0.786. The number of aliphatic carboxylic acids is 1. The van der Waals surface area contributed by atoms with E-state index >= 15 is 0 Å². The van der Waals surface area contributed by atoms with Gasteiger partial charge in [0.2, 0.25) is 5.91 Å². The van der Waals surface area contributed by atoms with Crippen molar-refractivity contribution in [3.05, 3.63) is 0 Å². The van der Waals surface area contributed by atoms with E-state index in [1.165, 1.54) is 0 Å². The minimum Gasteiger partial charge on any atom is -0.481 e. The van der Waals surface area contributed by atoms with Crippen molar-refractivity contribution in [1.29, 1.82) is 0 Å². The van der Waals surface area contributed by atoms with E-state index in [0.717, 1.165) is 6.42 Å². The molecule has 3 saturated heterocycles. The van der Waals surface area contributed by atoms with Gasteiger partial charge in [-0.15, -0.1) is 0 Å². The standard InChI is InChI=1S/C14H21N3O4/c1-9(13(19)20)10-6-16(7-10)14(21)15-4-5-17-11(8-15)2-3-12(17)18/h9-11H,2-8H2,1H3,(H,19,20). The Morgan fingerprint density at radius 1 is 1.19 bits per heavy atom. The van der Waals surface area contributed by atoms with Crippen molar-refractivity contribution in [3.63, 3.8) is 0 Å². The molecule has 1 N–H and O–H groups in total. The van der Waals surface area contributed by atoms with Crippen LogP contribution < -0.4 is 0 Å². The number of urea groups is 1. The number of nitrogens with zero attached hydrogens (tertiary/aromatic N) is 3. The molecule has 21 heavy (non-hydrogen) atoms. The first-order valence-electron chi connectivity index (χ1n) is 7.53. The Hall–Kier alpha value is -1.79. The number of piperazine rings is 1. The Labute approximate surface area is 123 Å². The summed E-state index contributed by atoms with van der Waals surface area (Å²) in [5.41, 5.74) is 0. The maximum absolute atomic E-state index is 12.4. The molecule has 0 aromatic rings. The fourth-order valence-electron chi connectivity index (χ4n) is 3.42. The third-order valence-electron chi connectivity index (χ3n) is 5.04. The van der Waals surface area contributed by atoms with Crippen molar-refractivity contribution in [2.24, 2.45) is 11.8 Å². The lowest BCUT2D eigenvalue weighted by molar-refractivity contribution is -0.144. The van der Waals surface area contributed by atoms with Crippen LogP contribution >= 0.6 is 0 Å². The van der Waals surface area contributed by atoms with Crippen LogP contribution in [0.25, 0.3) is 0 Å². The molecule has 2 unspecified atom stereocenters. The molecule has 3 heterocycles. The van der Waals surface area contributed by atoms with Gasteiger partial charge in [-0.25, -0.2) is 4.79 Å². The summed E-state index contributed by atoms with van der Waals surface area (Å²) in [5.74, 6) is -0.948. The lowest BCUT2D eigenvalue weighted by Crippen LogP contribution is -2.61. The first kappa shape index (κ1) is 14.2. The largest absolute Gasteiger partial charge is 0.481 e. The number of fused-ring (bicyclic) bond motifs is 1. The van der Waals surface area contributed by atoms with Gasteiger partial charge in [0.05, 0.1) is 5.92 Å². The molecule has 0 saturated carbocycles. The van der Waals surface area contributed by atoms with Crippen molar-refractivity contribution in [2.75, 3.05) is 32.7 Å². The highest BCUT2D eigenvalue weighted by molar-refractivity contribution is 5.80. The van der Waals surface area contributed by atoms with Crippen LogP contribution in [0.4, 0.5) is 4.79 Å². The van der Waals surface area contributed by atoms with Crippen LogP contribution in [0.2, 0.25) is 0 Å². The normalized spacial score (nSPS) is 27.4. The molecule has 7 nitrogen and oxygen atoms in total. The average molecular weight is 295 g/mol. The Morgan fingerprint density at radius 2 is 1.90 bits per heavy atom. The number of rotatable bonds is 2. The maximum Gasteiger partial charge on any atom is 0.320 e. The Balaban J connectivity index is 1.51. The van der Waals surface area contributed by atoms with Gasteiger partial charge in [0, 0.05) is 51.1 Å². The zero-order valence-corrected chi connectivity index (χ0v) is 12.2. The molecule has 116 valence electrons. The van der Waals surface area contributed by atoms with E-state index in [-0.39, 0.29) is 23.9 Å². The van der Waals surface area contributed by atoms with Crippen LogP contribution in [0.5, 0.6) is 0 Å². The number of carboxylic acid groups (broad SMARTS) is 1. The Morgan fingerprint density at radius 3 is 2.57 bits per heavy atom. The zero-order chi connectivity index (χ0) is 15.1. The predicted octanol–water partition coefficient (Wildman–Crippen LogP) is 0.0655. The van der Waals surface area contributed by atoms with Crippen LogP contribution in [0, 0.1) is 11.8 Å². The highest BCUT2D eigenvalue weighted by Gasteiger charge is 2.42. The summed E-state index contributed by atoms with van der Waals surface area (Å²) >= 11 is 0. The number of hydrogen-bond acceptors (Lipinski definition) is 3. The van der Waals surface area contributed by atoms with Crippen molar-refractivity contribution >= 4 is 17.9 Å². The number of carboxylic acids is 1. The van der Waals surface area contributed by atoms with E-state index in [9.17, 15) is 14.4 Å². The lowest BCUT2D eigenvalue weighted by Gasteiger charge is -2.46. The molecule has 0 aliphatic carbocycles. The minimum absolute atomic E-state index is 0.0113. The lowest BCUT2D eigenvalue weighted by atomic mass is 9.87. The van der Waals surface area contributed by atoms with Crippen LogP contribution in [0.1, 0.15) is 19.8 Å². The molecule has 0 aromatic heterocycles. The summed E-state index contributed by atoms with van der Waals surface area (Å²) in [6, 6.07) is 0.160. The van der Waals surface area contributed by atoms with Gasteiger partial charge >= 0.3 is 12.0 Å². The summed E-state index contributed by atoms with van der Waals surface area (Å²) in [5, 5.41) is 8.97. The molecule has 3 aliphatic rings. The number of hydrogen-bond donors (Lipinski definition) is 1. The monoisotopic (exact) mass is 295 g/mol. The molecule has 0 radical (unpaired) electrons. The van der Waals surface area contributed by atoms with Crippen molar-refractivity contribution in [3.8, 4) is 0 Å². The zero-order valence-electron chi connectivity index (χ0n) is 12.2. The molecule has 0 spiro atoms. The fourth-order valence-corrected chi connectivity index (χ4v) is 3.42. The highest BCUT2D eigenvalue weighted by Crippen LogP contribution is 2.27. The SMILES string of the molecule is CC(C(=O)O)C1CN(C(=O)N2CCN3C(=O)CCC3C2)C1. The van der Waals surface area contributed by atoms with E-state index < -0.39 is 11.9 Å². The van der Waals surface area contributed by atoms with Gasteiger partial charge < -0.3 is 19.8 Å². The molecule has 0 aromatic carbocycles. The Bertz CT molecular complexity index is 475. The average Bonchev–Trinajstić information content (AvgIpc) is 2.77. The summed E-state index contributed by atoms with van der Waals surface area (Å²) in [6.45, 7) is 4.55. The molecule has 3 amide bonds. The second kappa shape index (κ2) is 5.20. The molecular formula is C14H21N3O4. The van der Waals surface area contributed by atoms with Crippen LogP contribution in [-0.4, -0.2) is 76.5 Å². The van der Waals surface area contributed by atoms with Crippen LogP contribution in [-0.2, 0) is 9.59 Å². The second-order valence-electron chi connectivity index (χ2n) is 6.30. The molecule has 7 heteroatoms. The van der Waals surface area contributed by atoms with Crippen molar-refractivity contribution in [1.82, 2.24) is 14.7 Å². The van der Waals surface area contributed by atoms with Gasteiger partial charge in [-0.2, -0.15) is 0 Å². The first-order chi connectivity index (χ1) is 9.97. The van der Waals surface area contributed by atoms with Gasteiger partial charge in [0.15, 0.2) is 0 Å². The molecule has 0 bridgehead atoms. The van der Waals surface area contributed by atoms with E-state index in [4.69, 9.17) is 5.11 Å². The quantitative estimate of drug-likeness (QED) is 0.781. The summed E-state index contributed by atoms with van der Waals surface area (Å²) in [4.78, 5) is 40.3. The van der Waals surface area contributed by atoms with E-state index in [1.54, 1.807) is 16.7 Å². The number of likely N-dealkylation sites (tertiary alicyclic amines) is 1. The van der Waals surface area contributed by atoms with Crippen molar-refractivity contribution in [2.45, 2.75) is 25.8 Å². The number of amides is 3. The molecule has 2 atom stereocenters. The predicted molar refractivity (Wildman–Crippen MR) is 73.6 cm³/mol. The van der Waals surface area contributed by atoms with Gasteiger partial charge in [-0.1, -0.05) is 6.92 Å². The van der Waals surface area contributed by atoms with Crippen molar-refractivity contribution < 1.29 is 19.5 Å². The van der Waals surface area contributed by atoms with Gasteiger partial charge in [0.1, 0.15) is 0 Å². The van der Waals surface area contributed by atoms with E-state index in [0.29, 0.717) is 39.1 Å². The summed E-state index contributed by atoms with van der Waals surface area (Å²) in [6.07, 6.45) is 1.43. The van der Waals surface area contributed by atoms with Crippen LogP contribution in [0.3, 0.4) is 0 Å². The minimum atomic E-state index is -0.801. The van der Waals surface area contributed by atoms with Gasteiger partial charge in [0.25, 0.3) is 0 Å². The Kier molecular flexibility index (Phi) is 3.51. The summed E-state index contributed by atoms with van der Waals surface area (Å²) in [7, 11) is 0. The van der Waals surface area contributed by atoms with E-state index in [2.05, 4.69) is 0 Å². The van der Waals surface area contributed by atoms with Crippen LogP contribution in [0.15, 0.2) is 0 Å². The van der Waals surface area contributed by atoms with E-state index in [1.807, 2.05) is 4.90 Å². The van der Waals surface area contributed by atoms with Gasteiger partial charge in [-0.05, 0) is 6.42 Å². The number of carbonyl (C=O) groups excluding carboxylic acids is 2. The number of carbonyl (C=O) groups is 3. The van der Waals surface area contributed by atoms with Gasteiger partial charge in [-0.3, -0.25) is 9.59 Å². The molecule has 3 aliphatic heterocycles. The maximum atomic E-state index is 12.4. The third kappa shape index (κ3) is 2.45. The first-order valence-corrected chi connectivity index (χ1v) is 7.53. The molecular weight excluding hydrogens is 274 g/mol. The second-order valence-corrected chi connectivity index (χ2v) is 6.30. The third-order valence-corrected chi connectivity index (χ3v) is 5.04. The summed E-state index contributed by atoms with van der Waals surface area (Å²) < 4.78 is 0. The smallest absolute Gasteiger partial charge is 0.320 e. The molecule has 3 rings (SSSR count). The molecule has 3 fully saturated rings. The topological polar surface area (TPSA) is 81.2 Å².